The molecule has 0 aliphatic rings. The van der Waals surface area contributed by atoms with Gasteiger partial charge in [0.15, 0.2) is 0 Å². The molecule has 1 rings (SSSR count). The lowest BCUT2D eigenvalue weighted by atomic mass is 10.3. The third-order valence-electron chi connectivity index (χ3n) is 1.17. The minimum atomic E-state index is 0.354. The number of halogens is 1. The first-order chi connectivity index (χ1) is 5.34. The van der Waals surface area contributed by atoms with Gasteiger partial charge in [0, 0.05) is 16.9 Å². The van der Waals surface area contributed by atoms with Gasteiger partial charge in [-0.3, -0.25) is 4.98 Å². The molecule has 0 unspecified atom stereocenters. The van der Waals surface area contributed by atoms with E-state index in [1.807, 2.05) is 0 Å². The number of hydrogen-bond donors (Lipinski definition) is 0. The summed E-state index contributed by atoms with van der Waals surface area (Å²) in [7, 11) is 0. The van der Waals surface area contributed by atoms with Gasteiger partial charge < -0.3 is 0 Å². The van der Waals surface area contributed by atoms with Gasteiger partial charge in [-0.25, -0.2) is 9.79 Å². The molecule has 0 aromatic carbocycles. The van der Waals surface area contributed by atoms with Crippen molar-refractivity contribution < 1.29 is 4.79 Å². The molecule has 0 amide bonds. The molecule has 0 N–H and O–H groups in total. The molecule has 0 bridgehead atoms. The maximum absolute atomic E-state index is 9.77. The molecule has 1 heterocycles. The van der Waals surface area contributed by atoms with E-state index < -0.39 is 0 Å². The SMILES string of the molecule is O=C=NCc1ccncc1Br. The van der Waals surface area contributed by atoms with E-state index in [0.717, 1.165) is 10.0 Å². The molecule has 0 fully saturated rings. The Hall–Kier alpha value is -0.990. The molecule has 56 valence electrons. The minimum Gasteiger partial charge on any atom is -0.264 e. The van der Waals surface area contributed by atoms with Crippen LogP contribution in [0, 0.1) is 0 Å². The fraction of sp³-hybridized carbons (Fsp3) is 0.143. The molecule has 1 aromatic rings. The summed E-state index contributed by atoms with van der Waals surface area (Å²) in [5.41, 5.74) is 0.934. The molecule has 0 atom stereocenters. The monoisotopic (exact) mass is 212 g/mol. The van der Waals surface area contributed by atoms with Crippen molar-refractivity contribution >= 4 is 22.0 Å². The van der Waals surface area contributed by atoms with Gasteiger partial charge in [-0.2, -0.15) is 0 Å². The Bertz CT molecular complexity index is 294. The van der Waals surface area contributed by atoms with Gasteiger partial charge in [0.05, 0.1) is 6.54 Å². The summed E-state index contributed by atoms with van der Waals surface area (Å²) < 4.78 is 0.860. The van der Waals surface area contributed by atoms with Crippen molar-refractivity contribution in [1.82, 2.24) is 4.98 Å². The highest BCUT2D eigenvalue weighted by Gasteiger charge is 1.95. The second-order valence-electron chi connectivity index (χ2n) is 1.87. The highest BCUT2D eigenvalue weighted by Crippen LogP contribution is 2.14. The molecule has 3 nitrogen and oxygen atoms in total. The van der Waals surface area contributed by atoms with Crippen molar-refractivity contribution in [3.05, 3.63) is 28.5 Å². The first-order valence-electron chi connectivity index (χ1n) is 2.96. The summed E-state index contributed by atoms with van der Waals surface area (Å²) >= 11 is 3.27. The van der Waals surface area contributed by atoms with E-state index in [0.29, 0.717) is 6.54 Å². The zero-order valence-corrected chi connectivity index (χ0v) is 7.21. The zero-order valence-electron chi connectivity index (χ0n) is 5.62. The lowest BCUT2D eigenvalue weighted by Gasteiger charge is -1.95. The quantitative estimate of drug-likeness (QED) is 0.554. The van der Waals surface area contributed by atoms with Crippen LogP contribution in [0.1, 0.15) is 5.56 Å². The summed E-state index contributed by atoms with van der Waals surface area (Å²) in [6.07, 6.45) is 4.79. The van der Waals surface area contributed by atoms with Crippen molar-refractivity contribution in [3.8, 4) is 0 Å². The maximum Gasteiger partial charge on any atom is 0.235 e. The van der Waals surface area contributed by atoms with Gasteiger partial charge in [0.1, 0.15) is 0 Å². The van der Waals surface area contributed by atoms with Gasteiger partial charge in [0.25, 0.3) is 0 Å². The highest BCUT2D eigenvalue weighted by molar-refractivity contribution is 9.10. The summed E-state index contributed by atoms with van der Waals surface area (Å²) in [5, 5.41) is 0. The number of hydrogen-bond acceptors (Lipinski definition) is 3. The first kappa shape index (κ1) is 8.11. The third kappa shape index (κ3) is 2.26. The topological polar surface area (TPSA) is 42.3 Å². The molecule has 0 aliphatic heterocycles. The number of aromatic nitrogens is 1. The Balaban J connectivity index is 2.85. The van der Waals surface area contributed by atoms with Crippen LogP contribution in [-0.4, -0.2) is 11.1 Å². The average Bonchev–Trinajstić information content (AvgIpc) is 2.03. The number of pyridine rings is 1. The number of aliphatic imine (C=N–C) groups is 1. The molecule has 4 heteroatoms. The maximum atomic E-state index is 9.77. The minimum absolute atomic E-state index is 0.354. The highest BCUT2D eigenvalue weighted by atomic mass is 79.9. The third-order valence-corrected chi connectivity index (χ3v) is 1.88. The molecule has 0 saturated heterocycles. The van der Waals surface area contributed by atoms with Gasteiger partial charge in [-0.15, -0.1) is 0 Å². The van der Waals surface area contributed by atoms with Crippen LogP contribution in [-0.2, 0) is 11.3 Å². The second kappa shape index (κ2) is 4.01. The van der Waals surface area contributed by atoms with Gasteiger partial charge in [-0.05, 0) is 27.6 Å². The first-order valence-corrected chi connectivity index (χ1v) is 3.76. The van der Waals surface area contributed by atoms with Crippen LogP contribution in [0.2, 0.25) is 0 Å². The smallest absolute Gasteiger partial charge is 0.235 e. The Kier molecular flexibility index (Phi) is 2.95. The van der Waals surface area contributed by atoms with E-state index in [1.54, 1.807) is 18.5 Å². The molecule has 0 spiro atoms. The molecule has 0 radical (unpaired) electrons. The van der Waals surface area contributed by atoms with Crippen molar-refractivity contribution in [1.29, 1.82) is 0 Å². The van der Waals surface area contributed by atoms with Crippen molar-refractivity contribution in [2.75, 3.05) is 0 Å². The van der Waals surface area contributed by atoms with Crippen LogP contribution in [0.25, 0.3) is 0 Å². The van der Waals surface area contributed by atoms with E-state index in [9.17, 15) is 4.79 Å². The van der Waals surface area contributed by atoms with Crippen LogP contribution >= 0.6 is 15.9 Å². The van der Waals surface area contributed by atoms with Gasteiger partial charge in [0.2, 0.25) is 6.08 Å². The summed E-state index contributed by atoms with van der Waals surface area (Å²) in [6.45, 7) is 0.354. The predicted octanol–water partition coefficient (Wildman–Crippen LogP) is 1.68. The van der Waals surface area contributed by atoms with Crippen LogP contribution in [0.3, 0.4) is 0 Å². The summed E-state index contributed by atoms with van der Waals surface area (Å²) in [4.78, 5) is 17.1. The van der Waals surface area contributed by atoms with Gasteiger partial charge in [-0.1, -0.05) is 0 Å². The summed E-state index contributed by atoms with van der Waals surface area (Å²) in [6, 6.07) is 1.80. The average molecular weight is 213 g/mol. The largest absolute Gasteiger partial charge is 0.264 e. The number of rotatable bonds is 2. The number of carbonyl (C=O) groups excluding carboxylic acids is 1. The normalized spacial score (nSPS) is 8.82. The van der Waals surface area contributed by atoms with E-state index in [2.05, 4.69) is 25.9 Å². The zero-order chi connectivity index (χ0) is 8.10. The van der Waals surface area contributed by atoms with Crippen LogP contribution in [0.15, 0.2) is 27.9 Å². The standard InChI is InChI=1S/C7H5BrN2O/c8-7-4-9-2-1-6(7)3-10-5-11/h1-2,4H,3H2. The molecule has 0 aliphatic carbocycles. The Labute approximate surface area is 72.3 Å². The Morgan fingerprint density at radius 2 is 2.55 bits per heavy atom. The Morgan fingerprint density at radius 1 is 1.73 bits per heavy atom. The number of isocyanates is 1. The van der Waals surface area contributed by atoms with Crippen LogP contribution in [0.4, 0.5) is 0 Å². The molecule has 11 heavy (non-hydrogen) atoms. The van der Waals surface area contributed by atoms with E-state index in [1.165, 1.54) is 6.08 Å². The second-order valence-corrected chi connectivity index (χ2v) is 2.73. The fourth-order valence-corrected chi connectivity index (χ4v) is 1.03. The lowest BCUT2D eigenvalue weighted by Crippen LogP contribution is -1.83. The predicted molar refractivity (Wildman–Crippen MR) is 43.8 cm³/mol. The van der Waals surface area contributed by atoms with E-state index in [-0.39, 0.29) is 0 Å². The molecule has 1 aromatic heterocycles. The number of nitrogens with zero attached hydrogens (tertiary/aromatic N) is 2. The molecule has 0 saturated carbocycles. The van der Waals surface area contributed by atoms with E-state index in [4.69, 9.17) is 0 Å². The van der Waals surface area contributed by atoms with Gasteiger partial charge >= 0.3 is 0 Å². The van der Waals surface area contributed by atoms with Crippen LogP contribution in [0.5, 0.6) is 0 Å². The van der Waals surface area contributed by atoms with Crippen molar-refractivity contribution in [2.24, 2.45) is 4.99 Å². The van der Waals surface area contributed by atoms with Crippen molar-refractivity contribution in [3.63, 3.8) is 0 Å². The van der Waals surface area contributed by atoms with E-state index >= 15 is 0 Å². The summed E-state index contributed by atoms with van der Waals surface area (Å²) in [5.74, 6) is 0. The van der Waals surface area contributed by atoms with Crippen molar-refractivity contribution in [2.45, 2.75) is 6.54 Å². The Morgan fingerprint density at radius 3 is 3.18 bits per heavy atom. The lowest BCUT2D eigenvalue weighted by molar-refractivity contribution is 0.562. The fourth-order valence-electron chi connectivity index (χ4n) is 0.650. The molecular formula is C7H5BrN2O. The molecular weight excluding hydrogens is 208 g/mol. The van der Waals surface area contributed by atoms with Crippen LogP contribution < -0.4 is 0 Å².